The van der Waals surface area contributed by atoms with E-state index in [1.54, 1.807) is 13.3 Å². The first kappa shape index (κ1) is 16.6. The van der Waals surface area contributed by atoms with E-state index in [-0.39, 0.29) is 5.75 Å². The maximum Gasteiger partial charge on any atom is 0.313 e. The summed E-state index contributed by atoms with van der Waals surface area (Å²) in [5, 5.41) is 12.5. The Morgan fingerprint density at radius 1 is 1.36 bits per heavy atom. The fourth-order valence-electron chi connectivity index (χ4n) is 1.52. The number of carboxylic acid groups (broad SMARTS) is 1. The molecule has 2 rings (SSSR count). The molecule has 0 fully saturated rings. The van der Waals surface area contributed by atoms with Gasteiger partial charge in [-0.25, -0.2) is 4.98 Å². The lowest BCUT2D eigenvalue weighted by Gasteiger charge is -2.07. The Hall–Kier alpha value is -1.77. The first-order valence-corrected chi connectivity index (χ1v) is 8.27. The summed E-state index contributed by atoms with van der Waals surface area (Å²) >= 11 is 2.68. The molecular formula is C14H16N2O4S2. The summed E-state index contributed by atoms with van der Waals surface area (Å²) < 4.78 is 11.3. The third kappa shape index (κ3) is 5.55. The number of benzene rings is 1. The van der Waals surface area contributed by atoms with Crippen molar-refractivity contribution in [1.29, 1.82) is 0 Å². The molecule has 0 aliphatic carbocycles. The number of aromatic nitrogens is 1. The number of rotatable bonds is 9. The van der Waals surface area contributed by atoms with Crippen LogP contribution in [0.4, 0.5) is 10.8 Å². The van der Waals surface area contributed by atoms with Gasteiger partial charge in [-0.1, -0.05) is 11.3 Å². The fourth-order valence-corrected chi connectivity index (χ4v) is 3.13. The van der Waals surface area contributed by atoms with Crippen LogP contribution >= 0.6 is 23.1 Å². The lowest BCUT2D eigenvalue weighted by atomic mass is 10.3. The quantitative estimate of drug-likeness (QED) is 0.536. The predicted octanol–water partition coefficient (Wildman–Crippen LogP) is 3.09. The summed E-state index contributed by atoms with van der Waals surface area (Å²) in [6.07, 6.45) is 1.67. The van der Waals surface area contributed by atoms with Gasteiger partial charge in [0.25, 0.3) is 0 Å². The van der Waals surface area contributed by atoms with Gasteiger partial charge in [0.15, 0.2) is 5.13 Å². The number of anilines is 2. The first-order chi connectivity index (χ1) is 10.7. The molecule has 0 radical (unpaired) electrons. The van der Waals surface area contributed by atoms with Crippen molar-refractivity contribution in [2.24, 2.45) is 0 Å². The highest BCUT2D eigenvalue weighted by Crippen LogP contribution is 2.30. The summed E-state index contributed by atoms with van der Waals surface area (Å²) in [6, 6.07) is 7.53. The van der Waals surface area contributed by atoms with Gasteiger partial charge in [-0.05, 0) is 24.3 Å². The molecule has 0 spiro atoms. The van der Waals surface area contributed by atoms with Crippen molar-refractivity contribution in [2.45, 2.75) is 4.21 Å². The molecule has 0 aliphatic heterocycles. The highest BCUT2D eigenvalue weighted by Gasteiger charge is 2.05. The Morgan fingerprint density at radius 3 is 2.82 bits per heavy atom. The molecule has 6 nitrogen and oxygen atoms in total. The van der Waals surface area contributed by atoms with Gasteiger partial charge < -0.3 is 19.9 Å². The van der Waals surface area contributed by atoms with Crippen molar-refractivity contribution in [1.82, 2.24) is 4.98 Å². The van der Waals surface area contributed by atoms with Crippen LogP contribution in [-0.4, -0.2) is 42.1 Å². The SMILES string of the molecule is COCCOc1ccc(Nc2ncc(SCC(=O)O)s2)cc1. The van der Waals surface area contributed by atoms with E-state index < -0.39 is 5.97 Å². The summed E-state index contributed by atoms with van der Waals surface area (Å²) in [6.45, 7) is 1.07. The average molecular weight is 340 g/mol. The zero-order chi connectivity index (χ0) is 15.8. The molecule has 2 N–H and O–H groups in total. The van der Waals surface area contributed by atoms with Gasteiger partial charge in [0.05, 0.1) is 22.8 Å². The Bertz CT molecular complexity index is 601. The van der Waals surface area contributed by atoms with E-state index in [2.05, 4.69) is 10.3 Å². The second-order valence-electron chi connectivity index (χ2n) is 4.16. The van der Waals surface area contributed by atoms with Gasteiger partial charge >= 0.3 is 5.97 Å². The number of nitrogens with one attached hydrogen (secondary N) is 1. The fraction of sp³-hybridized carbons (Fsp3) is 0.286. The molecule has 118 valence electrons. The largest absolute Gasteiger partial charge is 0.491 e. The smallest absolute Gasteiger partial charge is 0.313 e. The molecule has 0 bridgehead atoms. The minimum Gasteiger partial charge on any atom is -0.491 e. The maximum absolute atomic E-state index is 10.5. The molecule has 1 aromatic heterocycles. The third-order valence-electron chi connectivity index (χ3n) is 2.48. The molecule has 2 aromatic rings. The molecule has 1 heterocycles. The van der Waals surface area contributed by atoms with Crippen LogP contribution in [0.25, 0.3) is 0 Å². The molecule has 0 aliphatic rings. The molecule has 0 saturated heterocycles. The normalized spacial score (nSPS) is 10.4. The summed E-state index contributed by atoms with van der Waals surface area (Å²) in [5.41, 5.74) is 0.892. The Labute approximate surface area is 136 Å². The van der Waals surface area contributed by atoms with E-state index in [0.29, 0.717) is 13.2 Å². The van der Waals surface area contributed by atoms with E-state index >= 15 is 0 Å². The number of aliphatic carboxylic acids is 1. The minimum absolute atomic E-state index is 0.0368. The van der Waals surface area contributed by atoms with Crippen LogP contribution in [0, 0.1) is 0 Å². The van der Waals surface area contributed by atoms with E-state index in [9.17, 15) is 4.79 Å². The second-order valence-corrected chi connectivity index (χ2v) is 6.46. The van der Waals surface area contributed by atoms with E-state index in [1.165, 1.54) is 23.1 Å². The Morgan fingerprint density at radius 2 is 2.14 bits per heavy atom. The molecular weight excluding hydrogens is 324 g/mol. The van der Waals surface area contributed by atoms with Crippen molar-refractivity contribution in [2.75, 3.05) is 31.4 Å². The standard InChI is InChI=1S/C14H16N2O4S2/c1-19-6-7-20-11-4-2-10(3-5-11)16-14-15-8-13(22-14)21-9-12(17)18/h2-5,8H,6-7,9H2,1H3,(H,15,16)(H,17,18). The van der Waals surface area contributed by atoms with Crippen molar-refractivity contribution >= 4 is 39.9 Å². The van der Waals surface area contributed by atoms with Crippen LogP contribution in [0.5, 0.6) is 5.75 Å². The lowest BCUT2D eigenvalue weighted by molar-refractivity contribution is -0.133. The second kappa shape index (κ2) is 8.62. The zero-order valence-corrected chi connectivity index (χ0v) is 13.6. The van der Waals surface area contributed by atoms with Crippen molar-refractivity contribution in [3.8, 4) is 5.75 Å². The van der Waals surface area contributed by atoms with Gasteiger partial charge in [-0.15, -0.1) is 11.8 Å². The number of methoxy groups -OCH3 is 1. The average Bonchev–Trinajstić information content (AvgIpc) is 2.95. The van der Waals surface area contributed by atoms with Gasteiger partial charge in [-0.2, -0.15) is 0 Å². The molecule has 0 amide bonds. The number of thioether (sulfide) groups is 1. The summed E-state index contributed by atoms with van der Waals surface area (Å²) in [5.74, 6) is -0.0220. The Kier molecular flexibility index (Phi) is 6.50. The van der Waals surface area contributed by atoms with Crippen LogP contribution in [-0.2, 0) is 9.53 Å². The minimum atomic E-state index is -0.836. The molecule has 0 unspecified atom stereocenters. The van der Waals surface area contributed by atoms with Crippen LogP contribution < -0.4 is 10.1 Å². The monoisotopic (exact) mass is 340 g/mol. The predicted molar refractivity (Wildman–Crippen MR) is 87.6 cm³/mol. The molecule has 8 heteroatoms. The first-order valence-electron chi connectivity index (χ1n) is 6.46. The lowest BCUT2D eigenvalue weighted by Crippen LogP contribution is -2.04. The van der Waals surface area contributed by atoms with Crippen LogP contribution in [0.3, 0.4) is 0 Å². The number of carboxylic acids is 1. The van der Waals surface area contributed by atoms with Crippen LogP contribution in [0.1, 0.15) is 0 Å². The van der Waals surface area contributed by atoms with Gasteiger partial charge in [0, 0.05) is 12.8 Å². The number of hydrogen-bond acceptors (Lipinski definition) is 7. The summed E-state index contributed by atoms with van der Waals surface area (Å²) in [4.78, 5) is 14.7. The molecule has 22 heavy (non-hydrogen) atoms. The summed E-state index contributed by atoms with van der Waals surface area (Å²) in [7, 11) is 1.63. The van der Waals surface area contributed by atoms with Crippen molar-refractivity contribution < 1.29 is 19.4 Å². The van der Waals surface area contributed by atoms with Gasteiger partial charge in [0.1, 0.15) is 12.4 Å². The number of carbonyl (C=O) groups is 1. The number of thiazole rings is 1. The van der Waals surface area contributed by atoms with E-state index in [1.807, 2.05) is 24.3 Å². The highest BCUT2D eigenvalue weighted by molar-refractivity contribution is 8.01. The van der Waals surface area contributed by atoms with E-state index in [4.69, 9.17) is 14.6 Å². The van der Waals surface area contributed by atoms with Crippen LogP contribution in [0.2, 0.25) is 0 Å². The maximum atomic E-state index is 10.5. The molecule has 1 aromatic carbocycles. The molecule has 0 saturated carbocycles. The van der Waals surface area contributed by atoms with Gasteiger partial charge in [0.2, 0.25) is 0 Å². The Balaban J connectivity index is 1.86. The van der Waals surface area contributed by atoms with E-state index in [0.717, 1.165) is 20.8 Å². The third-order valence-corrected chi connectivity index (χ3v) is 4.58. The zero-order valence-electron chi connectivity index (χ0n) is 11.9. The van der Waals surface area contributed by atoms with Crippen molar-refractivity contribution in [3.05, 3.63) is 30.5 Å². The van der Waals surface area contributed by atoms with Crippen molar-refractivity contribution in [3.63, 3.8) is 0 Å². The number of nitrogens with zero attached hydrogens (tertiary/aromatic N) is 1. The molecule has 0 atom stereocenters. The number of ether oxygens (including phenoxy) is 2. The number of hydrogen-bond donors (Lipinski definition) is 2. The topological polar surface area (TPSA) is 80.7 Å². The van der Waals surface area contributed by atoms with Gasteiger partial charge in [-0.3, -0.25) is 4.79 Å². The highest BCUT2D eigenvalue weighted by atomic mass is 32.2. The van der Waals surface area contributed by atoms with Crippen LogP contribution in [0.15, 0.2) is 34.7 Å².